The first-order valence-corrected chi connectivity index (χ1v) is 9.06. The summed E-state index contributed by atoms with van der Waals surface area (Å²) >= 11 is 0. The number of halogens is 3. The van der Waals surface area contributed by atoms with Crippen LogP contribution in [0.25, 0.3) is 5.57 Å². The third-order valence-corrected chi connectivity index (χ3v) is 4.57. The summed E-state index contributed by atoms with van der Waals surface area (Å²) in [5.41, 5.74) is 1.01. The van der Waals surface area contributed by atoms with Crippen molar-refractivity contribution >= 4 is 11.5 Å². The minimum Gasteiger partial charge on any atom is -0.508 e. The monoisotopic (exact) mass is 403 g/mol. The van der Waals surface area contributed by atoms with E-state index in [2.05, 4.69) is 0 Å². The van der Waals surface area contributed by atoms with Crippen molar-refractivity contribution in [2.45, 2.75) is 19.1 Å². The standard InChI is InChI=1S/C22H20F3NO3/c1-2-29-20(28)14-26-13-5-7-17(21(26)18-6-3-4-8-19(18)27)15-9-11-16(12-10-15)22(23,24)25/h3-13,21,27H,2,14H2,1H3. The van der Waals surface area contributed by atoms with Crippen LogP contribution in [0, 0.1) is 0 Å². The molecule has 1 atom stereocenters. The van der Waals surface area contributed by atoms with Crippen molar-refractivity contribution in [2.75, 3.05) is 13.2 Å². The number of aromatic hydroxyl groups is 1. The van der Waals surface area contributed by atoms with E-state index in [-0.39, 0.29) is 18.9 Å². The SMILES string of the molecule is CCOC(=O)CN1C=CC=C(c2ccc(C(F)(F)F)cc2)C1c1ccccc1O. The molecule has 1 aliphatic heterocycles. The highest BCUT2D eigenvalue weighted by atomic mass is 19.4. The summed E-state index contributed by atoms with van der Waals surface area (Å²) < 4.78 is 43.8. The van der Waals surface area contributed by atoms with Crippen molar-refractivity contribution < 1.29 is 27.8 Å². The van der Waals surface area contributed by atoms with E-state index in [1.165, 1.54) is 18.2 Å². The summed E-state index contributed by atoms with van der Waals surface area (Å²) in [5.74, 6) is -0.411. The first-order chi connectivity index (χ1) is 13.8. The topological polar surface area (TPSA) is 49.8 Å². The van der Waals surface area contributed by atoms with Crippen molar-refractivity contribution in [3.63, 3.8) is 0 Å². The van der Waals surface area contributed by atoms with Gasteiger partial charge in [-0.3, -0.25) is 4.79 Å². The van der Waals surface area contributed by atoms with E-state index in [4.69, 9.17) is 4.74 Å². The van der Waals surface area contributed by atoms with Gasteiger partial charge < -0.3 is 14.7 Å². The van der Waals surface area contributed by atoms with E-state index in [0.717, 1.165) is 12.1 Å². The van der Waals surface area contributed by atoms with Gasteiger partial charge in [-0.25, -0.2) is 0 Å². The van der Waals surface area contributed by atoms with Gasteiger partial charge >= 0.3 is 12.1 Å². The van der Waals surface area contributed by atoms with Crippen LogP contribution in [-0.2, 0) is 15.7 Å². The lowest BCUT2D eigenvalue weighted by molar-refractivity contribution is -0.144. The number of hydrogen-bond acceptors (Lipinski definition) is 4. The fourth-order valence-electron chi connectivity index (χ4n) is 3.28. The second-order valence-electron chi connectivity index (χ2n) is 6.48. The van der Waals surface area contributed by atoms with Crippen LogP contribution in [0.1, 0.15) is 29.7 Å². The van der Waals surface area contributed by atoms with E-state index in [0.29, 0.717) is 16.7 Å². The van der Waals surface area contributed by atoms with Crippen LogP contribution in [0.2, 0.25) is 0 Å². The molecule has 1 aliphatic rings. The molecule has 0 fully saturated rings. The average molecular weight is 403 g/mol. The quantitative estimate of drug-likeness (QED) is 0.720. The number of carbonyl (C=O) groups excluding carboxylic acids is 1. The van der Waals surface area contributed by atoms with Crippen molar-refractivity contribution in [3.8, 4) is 5.75 Å². The summed E-state index contributed by atoms with van der Waals surface area (Å²) in [6.45, 7) is 1.87. The lowest BCUT2D eigenvalue weighted by Crippen LogP contribution is -2.32. The third-order valence-electron chi connectivity index (χ3n) is 4.57. The molecular formula is C22H20F3NO3. The zero-order valence-corrected chi connectivity index (χ0v) is 15.7. The van der Waals surface area contributed by atoms with E-state index in [9.17, 15) is 23.1 Å². The van der Waals surface area contributed by atoms with E-state index in [1.54, 1.807) is 48.4 Å². The number of carbonyl (C=O) groups is 1. The molecule has 0 aliphatic carbocycles. The normalized spacial score (nSPS) is 16.5. The summed E-state index contributed by atoms with van der Waals surface area (Å²) in [7, 11) is 0. The summed E-state index contributed by atoms with van der Waals surface area (Å²) in [6.07, 6.45) is 0.748. The van der Waals surface area contributed by atoms with Crippen molar-refractivity contribution in [1.82, 2.24) is 4.90 Å². The molecule has 0 amide bonds. The van der Waals surface area contributed by atoms with Gasteiger partial charge in [-0.15, -0.1) is 0 Å². The van der Waals surface area contributed by atoms with Crippen LogP contribution in [0.15, 0.2) is 66.9 Å². The molecule has 0 radical (unpaired) electrons. The van der Waals surface area contributed by atoms with Gasteiger partial charge in [0, 0.05) is 11.8 Å². The van der Waals surface area contributed by atoms with Crippen LogP contribution < -0.4 is 0 Å². The Bertz CT molecular complexity index is 933. The van der Waals surface area contributed by atoms with Gasteiger partial charge in [-0.2, -0.15) is 13.2 Å². The van der Waals surface area contributed by atoms with E-state index < -0.39 is 23.8 Å². The van der Waals surface area contributed by atoms with Gasteiger partial charge in [0.2, 0.25) is 0 Å². The van der Waals surface area contributed by atoms with Crippen LogP contribution in [0.4, 0.5) is 13.2 Å². The molecule has 152 valence electrons. The Hall–Kier alpha value is -3.22. The summed E-state index contributed by atoms with van der Waals surface area (Å²) in [5, 5.41) is 10.4. The number of esters is 1. The van der Waals surface area contributed by atoms with Gasteiger partial charge in [0.1, 0.15) is 12.3 Å². The van der Waals surface area contributed by atoms with E-state index >= 15 is 0 Å². The number of alkyl halides is 3. The van der Waals surface area contributed by atoms with Crippen LogP contribution in [-0.4, -0.2) is 29.1 Å². The molecule has 0 bridgehead atoms. The number of benzene rings is 2. The minimum absolute atomic E-state index is 0.0273. The molecule has 1 N–H and O–H groups in total. The number of ether oxygens (including phenoxy) is 1. The Balaban J connectivity index is 2.02. The Morgan fingerprint density at radius 1 is 1.14 bits per heavy atom. The highest BCUT2D eigenvalue weighted by Crippen LogP contribution is 2.41. The zero-order valence-electron chi connectivity index (χ0n) is 15.7. The third kappa shape index (κ3) is 4.62. The maximum atomic E-state index is 12.9. The Morgan fingerprint density at radius 2 is 1.83 bits per heavy atom. The molecule has 4 nitrogen and oxygen atoms in total. The smallest absolute Gasteiger partial charge is 0.416 e. The van der Waals surface area contributed by atoms with Crippen LogP contribution in [0.3, 0.4) is 0 Å². The molecule has 0 saturated carbocycles. The van der Waals surface area contributed by atoms with Crippen LogP contribution >= 0.6 is 0 Å². The van der Waals surface area contributed by atoms with Gasteiger partial charge in [0.15, 0.2) is 0 Å². The number of hydrogen-bond donors (Lipinski definition) is 1. The van der Waals surface area contributed by atoms with Gasteiger partial charge in [-0.05, 0) is 42.3 Å². The lowest BCUT2D eigenvalue weighted by atomic mass is 9.89. The van der Waals surface area contributed by atoms with Gasteiger partial charge in [-0.1, -0.05) is 36.4 Å². The first kappa shape index (κ1) is 20.5. The first-order valence-electron chi connectivity index (χ1n) is 9.06. The predicted molar refractivity (Wildman–Crippen MR) is 103 cm³/mol. The molecule has 2 aromatic rings. The zero-order chi connectivity index (χ0) is 21.0. The number of allylic oxidation sites excluding steroid dienone is 2. The molecule has 7 heteroatoms. The average Bonchev–Trinajstić information content (AvgIpc) is 2.68. The highest BCUT2D eigenvalue weighted by molar-refractivity contribution is 5.77. The molecule has 0 spiro atoms. The van der Waals surface area contributed by atoms with Crippen molar-refractivity contribution in [2.24, 2.45) is 0 Å². The second-order valence-corrected chi connectivity index (χ2v) is 6.48. The Morgan fingerprint density at radius 3 is 2.45 bits per heavy atom. The molecule has 0 saturated heterocycles. The van der Waals surface area contributed by atoms with E-state index in [1.807, 2.05) is 0 Å². The summed E-state index contributed by atoms with van der Waals surface area (Å²) in [4.78, 5) is 13.8. The lowest BCUT2D eigenvalue weighted by Gasteiger charge is -2.35. The maximum Gasteiger partial charge on any atom is 0.416 e. The van der Waals surface area contributed by atoms with Crippen molar-refractivity contribution in [1.29, 1.82) is 0 Å². The van der Waals surface area contributed by atoms with Crippen LogP contribution in [0.5, 0.6) is 5.75 Å². The number of rotatable bonds is 5. The van der Waals surface area contributed by atoms with Gasteiger partial charge in [0.25, 0.3) is 0 Å². The Kier molecular flexibility index (Phi) is 5.96. The molecule has 2 aromatic carbocycles. The second kappa shape index (κ2) is 8.43. The van der Waals surface area contributed by atoms with Crippen molar-refractivity contribution in [3.05, 3.63) is 83.6 Å². The number of phenolic OH excluding ortho intramolecular Hbond substituents is 1. The summed E-state index contributed by atoms with van der Waals surface area (Å²) in [6, 6.07) is 10.9. The molecule has 1 unspecified atom stereocenters. The highest BCUT2D eigenvalue weighted by Gasteiger charge is 2.32. The Labute approximate surface area is 166 Å². The fourth-order valence-corrected chi connectivity index (χ4v) is 3.28. The fraction of sp³-hybridized carbons (Fsp3) is 0.227. The minimum atomic E-state index is -4.42. The number of para-hydroxylation sites is 1. The molecule has 1 heterocycles. The molecular weight excluding hydrogens is 383 g/mol. The largest absolute Gasteiger partial charge is 0.508 e. The number of phenols is 1. The maximum absolute atomic E-state index is 12.9. The van der Waals surface area contributed by atoms with Gasteiger partial charge in [0.05, 0.1) is 18.2 Å². The molecule has 0 aromatic heterocycles. The molecule has 3 rings (SSSR count). The predicted octanol–water partition coefficient (Wildman–Crippen LogP) is 4.93. The number of nitrogens with zero attached hydrogens (tertiary/aromatic N) is 1. The molecule has 29 heavy (non-hydrogen) atoms.